The number of piperazine rings is 1. The Kier molecular flexibility index (Phi) is 4.98. The molecule has 0 saturated carbocycles. The number of aromatic carboxylic acids is 1. The number of hydrogen-bond acceptors (Lipinski definition) is 5. The molecule has 1 aromatic carbocycles. The van der Waals surface area contributed by atoms with E-state index in [2.05, 4.69) is 0 Å². The fraction of sp³-hybridized carbons (Fsp3) is 0.412. The average Bonchev–Trinajstić information content (AvgIpc) is 2.88. The lowest BCUT2D eigenvalue weighted by atomic mass is 10.0. The summed E-state index contributed by atoms with van der Waals surface area (Å²) in [6.07, 6.45) is 1.12. The first-order valence-electron chi connectivity index (χ1n) is 8.35. The van der Waals surface area contributed by atoms with E-state index in [0.29, 0.717) is 10.9 Å². The number of aromatic nitrogens is 1. The van der Waals surface area contributed by atoms with Gasteiger partial charge in [-0.05, 0) is 6.07 Å². The van der Waals surface area contributed by atoms with Crippen LogP contribution >= 0.6 is 0 Å². The van der Waals surface area contributed by atoms with Crippen molar-refractivity contribution in [2.75, 3.05) is 32.4 Å². The molecule has 0 aliphatic carbocycles. The largest absolute Gasteiger partial charge is 0.480 e. The number of para-hydroxylation sites is 1. The van der Waals surface area contributed by atoms with Crippen LogP contribution in [0, 0.1) is 0 Å². The minimum atomic E-state index is -3.35. The molecular weight excluding hydrogens is 374 g/mol. The fourth-order valence-corrected chi connectivity index (χ4v) is 4.54. The smallest absolute Gasteiger partial charge is 0.352 e. The molecule has 0 radical (unpaired) electrons. The zero-order valence-corrected chi connectivity index (χ0v) is 15.8. The Hall–Kier alpha value is -2.43. The van der Waals surface area contributed by atoms with Crippen LogP contribution in [0.15, 0.2) is 24.3 Å². The van der Waals surface area contributed by atoms with Gasteiger partial charge < -0.3 is 14.8 Å². The van der Waals surface area contributed by atoms with Gasteiger partial charge in [-0.3, -0.25) is 9.69 Å². The van der Waals surface area contributed by atoms with E-state index in [1.165, 1.54) is 8.87 Å². The normalized spacial score (nSPS) is 17.9. The first kappa shape index (κ1) is 19.3. The molecule has 0 amide bonds. The van der Waals surface area contributed by atoms with Crippen molar-refractivity contribution in [2.24, 2.45) is 7.05 Å². The van der Waals surface area contributed by atoms with E-state index in [0.717, 1.165) is 6.26 Å². The molecule has 1 aromatic heterocycles. The Balaban J connectivity index is 2.08. The number of carboxylic acid groups (broad SMARTS) is 2. The van der Waals surface area contributed by atoms with E-state index < -0.39 is 28.0 Å². The zero-order valence-electron chi connectivity index (χ0n) is 15.0. The van der Waals surface area contributed by atoms with Crippen LogP contribution in [0.3, 0.4) is 0 Å². The Morgan fingerprint density at radius 3 is 2.19 bits per heavy atom. The lowest BCUT2D eigenvalue weighted by molar-refractivity contribution is -0.144. The van der Waals surface area contributed by atoms with E-state index >= 15 is 0 Å². The zero-order chi connectivity index (χ0) is 19.9. The molecule has 2 N–H and O–H groups in total. The highest BCUT2D eigenvalue weighted by Crippen LogP contribution is 2.34. The quantitative estimate of drug-likeness (QED) is 0.760. The highest BCUT2D eigenvalue weighted by atomic mass is 32.2. The third kappa shape index (κ3) is 3.43. The molecule has 146 valence electrons. The second kappa shape index (κ2) is 6.95. The number of fused-ring (bicyclic) bond motifs is 1. The van der Waals surface area contributed by atoms with Gasteiger partial charge in [0.05, 0.1) is 6.26 Å². The summed E-state index contributed by atoms with van der Waals surface area (Å²) in [6.45, 7) is 0.726. The number of benzene rings is 1. The Bertz CT molecular complexity index is 1010. The number of carbonyl (C=O) groups is 2. The van der Waals surface area contributed by atoms with Crippen LogP contribution in [0.1, 0.15) is 22.1 Å². The predicted octanol–water partition coefficient (Wildman–Crippen LogP) is 0.579. The van der Waals surface area contributed by atoms with E-state index in [1.54, 1.807) is 36.2 Å². The highest BCUT2D eigenvalue weighted by molar-refractivity contribution is 7.88. The van der Waals surface area contributed by atoms with E-state index in [-0.39, 0.29) is 37.4 Å². The second-order valence-corrected chi connectivity index (χ2v) is 8.56. The predicted molar refractivity (Wildman–Crippen MR) is 98.2 cm³/mol. The Morgan fingerprint density at radius 1 is 1.07 bits per heavy atom. The van der Waals surface area contributed by atoms with Gasteiger partial charge in [0.25, 0.3) is 0 Å². The molecule has 1 saturated heterocycles. The van der Waals surface area contributed by atoms with Gasteiger partial charge in [0.2, 0.25) is 10.0 Å². The third-order valence-electron chi connectivity index (χ3n) is 4.96. The fourth-order valence-electron chi connectivity index (χ4n) is 3.71. The van der Waals surface area contributed by atoms with Crippen LogP contribution in [0.4, 0.5) is 0 Å². The lowest BCUT2D eigenvalue weighted by Gasteiger charge is -2.36. The molecule has 2 aromatic rings. The minimum absolute atomic E-state index is 0.0749. The summed E-state index contributed by atoms with van der Waals surface area (Å²) in [5.74, 6) is -2.37. The summed E-state index contributed by atoms with van der Waals surface area (Å²) in [4.78, 5) is 25.6. The van der Waals surface area contributed by atoms with Crippen LogP contribution in [0.5, 0.6) is 0 Å². The number of aryl methyl sites for hydroxylation is 1. The van der Waals surface area contributed by atoms with Gasteiger partial charge in [-0.15, -0.1) is 0 Å². The SMILES string of the molecule is Cn1c(C(=O)O)c(C(C(=O)O)N2CCN(S(C)(=O)=O)CC2)c2ccccc21. The Labute approximate surface area is 156 Å². The monoisotopic (exact) mass is 395 g/mol. The van der Waals surface area contributed by atoms with Gasteiger partial charge in [-0.1, -0.05) is 18.2 Å². The minimum Gasteiger partial charge on any atom is -0.480 e. The number of carboxylic acids is 2. The summed E-state index contributed by atoms with van der Waals surface area (Å²) in [5.41, 5.74) is 0.779. The van der Waals surface area contributed by atoms with Crippen molar-refractivity contribution in [1.29, 1.82) is 0 Å². The number of aliphatic carboxylic acids is 1. The standard InChI is InChI=1S/C17H21N3O6S/c1-18-12-6-4-3-5-11(12)13(14(18)16(21)22)15(17(23)24)19-7-9-20(10-8-19)27(2,25)26/h3-6,15H,7-10H2,1-2H3,(H,21,22)(H,23,24). The maximum atomic E-state index is 12.1. The molecule has 1 atom stereocenters. The molecule has 27 heavy (non-hydrogen) atoms. The molecule has 2 heterocycles. The number of hydrogen-bond donors (Lipinski definition) is 2. The van der Waals surface area contributed by atoms with E-state index in [9.17, 15) is 28.2 Å². The van der Waals surface area contributed by atoms with Crippen molar-refractivity contribution in [1.82, 2.24) is 13.8 Å². The highest BCUT2D eigenvalue weighted by Gasteiger charge is 2.37. The molecule has 0 bridgehead atoms. The van der Waals surface area contributed by atoms with Gasteiger partial charge >= 0.3 is 11.9 Å². The first-order valence-corrected chi connectivity index (χ1v) is 10.2. The molecule has 1 aliphatic heterocycles. The number of rotatable bonds is 5. The van der Waals surface area contributed by atoms with E-state index in [4.69, 9.17) is 0 Å². The average molecular weight is 395 g/mol. The maximum Gasteiger partial charge on any atom is 0.352 e. The maximum absolute atomic E-state index is 12.1. The van der Waals surface area contributed by atoms with Crippen molar-refractivity contribution in [2.45, 2.75) is 6.04 Å². The third-order valence-corrected chi connectivity index (χ3v) is 6.27. The molecule has 1 aliphatic rings. The van der Waals surface area contributed by atoms with Crippen molar-refractivity contribution < 1.29 is 28.2 Å². The van der Waals surface area contributed by atoms with Gasteiger partial charge in [0.1, 0.15) is 11.7 Å². The molecule has 0 spiro atoms. The summed E-state index contributed by atoms with van der Waals surface area (Å²) in [5, 5.41) is 20.2. The van der Waals surface area contributed by atoms with Gasteiger partial charge in [0, 0.05) is 49.7 Å². The van der Waals surface area contributed by atoms with Gasteiger partial charge in [-0.25, -0.2) is 13.2 Å². The summed E-state index contributed by atoms with van der Waals surface area (Å²) < 4.78 is 26.2. The van der Waals surface area contributed by atoms with Crippen molar-refractivity contribution >= 4 is 32.9 Å². The Morgan fingerprint density at radius 2 is 1.67 bits per heavy atom. The van der Waals surface area contributed by atoms with Gasteiger partial charge in [-0.2, -0.15) is 4.31 Å². The van der Waals surface area contributed by atoms with Crippen LogP contribution in [0.25, 0.3) is 10.9 Å². The number of nitrogens with zero attached hydrogens (tertiary/aromatic N) is 3. The lowest BCUT2D eigenvalue weighted by Crippen LogP contribution is -2.50. The molecule has 3 rings (SSSR count). The molecular formula is C17H21N3O6S. The summed E-state index contributed by atoms with van der Waals surface area (Å²) >= 11 is 0. The molecule has 9 nitrogen and oxygen atoms in total. The second-order valence-electron chi connectivity index (χ2n) is 6.58. The number of sulfonamides is 1. The van der Waals surface area contributed by atoms with E-state index in [1.807, 2.05) is 0 Å². The summed E-state index contributed by atoms with van der Waals surface area (Å²) in [6, 6.07) is 5.77. The first-order chi connectivity index (χ1) is 12.6. The van der Waals surface area contributed by atoms with Crippen LogP contribution < -0.4 is 0 Å². The molecule has 1 unspecified atom stereocenters. The van der Waals surface area contributed by atoms with Crippen LogP contribution in [-0.4, -0.2) is 76.8 Å². The van der Waals surface area contributed by atoms with Crippen LogP contribution in [0.2, 0.25) is 0 Å². The topological polar surface area (TPSA) is 120 Å². The summed E-state index contributed by atoms with van der Waals surface area (Å²) in [7, 11) is -1.76. The molecule has 10 heteroatoms. The van der Waals surface area contributed by atoms with Crippen molar-refractivity contribution in [3.8, 4) is 0 Å². The van der Waals surface area contributed by atoms with Crippen molar-refractivity contribution in [3.63, 3.8) is 0 Å². The van der Waals surface area contributed by atoms with Gasteiger partial charge in [0.15, 0.2) is 0 Å². The molecule has 1 fully saturated rings. The van der Waals surface area contributed by atoms with Crippen LogP contribution in [-0.2, 0) is 21.9 Å². The van der Waals surface area contributed by atoms with Crippen molar-refractivity contribution in [3.05, 3.63) is 35.5 Å².